The minimum Gasteiger partial charge on any atom is -0.310 e. The number of nitrogens with one attached hydrogen (secondary N) is 1. The summed E-state index contributed by atoms with van der Waals surface area (Å²) < 4.78 is 0. The topological polar surface area (TPSA) is 12.0 Å². The van der Waals surface area contributed by atoms with E-state index in [0.717, 1.165) is 0 Å². The normalized spacial score (nSPS) is 20.9. The largest absolute Gasteiger partial charge is 0.310 e. The predicted molar refractivity (Wildman–Crippen MR) is 49.8 cm³/mol. The van der Waals surface area contributed by atoms with E-state index < -0.39 is 0 Å². The van der Waals surface area contributed by atoms with E-state index in [2.05, 4.69) is 29.6 Å². The molecule has 1 atom stereocenters. The lowest BCUT2D eigenvalue weighted by molar-refractivity contribution is 0.563. The highest BCUT2D eigenvalue weighted by Crippen LogP contribution is 2.30. The second kappa shape index (κ2) is 3.28. The van der Waals surface area contributed by atoms with Crippen LogP contribution in [0.15, 0.2) is 24.3 Å². The predicted octanol–water partition coefficient (Wildman–Crippen LogP) is 1.97. The summed E-state index contributed by atoms with van der Waals surface area (Å²) in [4.78, 5) is 0. The second-order valence-electron chi connectivity index (χ2n) is 3.20. The van der Waals surface area contributed by atoms with Gasteiger partial charge in [0.25, 0.3) is 0 Å². The molecule has 1 aliphatic carbocycles. The minimum absolute atomic E-state index is 0.492. The van der Waals surface area contributed by atoms with Crippen molar-refractivity contribution >= 4 is 0 Å². The van der Waals surface area contributed by atoms with Gasteiger partial charge < -0.3 is 5.32 Å². The number of aryl methyl sites for hydroxylation is 1. The minimum atomic E-state index is 0.492. The molecule has 0 bridgehead atoms. The standard InChI is InChI=1S/C11H13N/c1-2-12-11-8-7-9-5-3-4-6-10(9)11/h1,3-6,11-12H,2,7-8H2. The van der Waals surface area contributed by atoms with Crippen molar-refractivity contribution in [3.8, 4) is 0 Å². The van der Waals surface area contributed by atoms with Crippen molar-refractivity contribution in [1.82, 2.24) is 5.32 Å². The summed E-state index contributed by atoms with van der Waals surface area (Å²) in [5.74, 6) is 0. The van der Waals surface area contributed by atoms with E-state index in [-0.39, 0.29) is 0 Å². The Kier molecular flexibility index (Phi) is 2.13. The molecule has 2 rings (SSSR count). The zero-order valence-corrected chi connectivity index (χ0v) is 7.09. The summed E-state index contributed by atoms with van der Waals surface area (Å²) in [6.07, 6.45) is 2.38. The Morgan fingerprint density at radius 2 is 2.25 bits per heavy atom. The molecule has 2 radical (unpaired) electrons. The monoisotopic (exact) mass is 159 g/mol. The van der Waals surface area contributed by atoms with Gasteiger partial charge in [-0.3, -0.25) is 0 Å². The van der Waals surface area contributed by atoms with E-state index in [1.165, 1.54) is 24.0 Å². The molecule has 0 amide bonds. The summed E-state index contributed by atoms with van der Waals surface area (Å²) in [5.41, 5.74) is 2.91. The highest BCUT2D eigenvalue weighted by molar-refractivity contribution is 5.34. The fourth-order valence-corrected chi connectivity index (χ4v) is 1.91. The third kappa shape index (κ3) is 1.25. The van der Waals surface area contributed by atoms with Crippen molar-refractivity contribution in [2.24, 2.45) is 0 Å². The van der Waals surface area contributed by atoms with E-state index in [1.54, 1.807) is 0 Å². The number of benzene rings is 1. The maximum Gasteiger partial charge on any atom is 0.0326 e. The van der Waals surface area contributed by atoms with E-state index in [4.69, 9.17) is 6.92 Å². The Morgan fingerprint density at radius 3 is 3.08 bits per heavy atom. The molecule has 0 aromatic heterocycles. The number of hydrogen-bond acceptors (Lipinski definition) is 1. The first-order valence-corrected chi connectivity index (χ1v) is 4.43. The molecular formula is C11H13N. The van der Waals surface area contributed by atoms with Gasteiger partial charge in [0.05, 0.1) is 0 Å². The van der Waals surface area contributed by atoms with Crippen molar-refractivity contribution in [3.63, 3.8) is 0 Å². The van der Waals surface area contributed by atoms with Crippen LogP contribution in [0.2, 0.25) is 0 Å². The molecule has 1 nitrogen and oxygen atoms in total. The van der Waals surface area contributed by atoms with Crippen LogP contribution in [0.1, 0.15) is 23.6 Å². The molecule has 0 spiro atoms. The van der Waals surface area contributed by atoms with Crippen LogP contribution in [-0.4, -0.2) is 6.54 Å². The molecule has 0 aliphatic heterocycles. The molecule has 0 saturated heterocycles. The molecule has 0 saturated carbocycles. The van der Waals surface area contributed by atoms with Gasteiger partial charge in [0.15, 0.2) is 0 Å². The number of fused-ring (bicyclic) bond motifs is 1. The maximum atomic E-state index is 5.45. The highest BCUT2D eigenvalue weighted by atomic mass is 14.9. The van der Waals surface area contributed by atoms with Crippen LogP contribution < -0.4 is 5.32 Å². The van der Waals surface area contributed by atoms with Gasteiger partial charge in [0, 0.05) is 6.04 Å². The quantitative estimate of drug-likeness (QED) is 0.695. The first-order chi connectivity index (χ1) is 5.92. The third-order valence-corrected chi connectivity index (χ3v) is 2.50. The van der Waals surface area contributed by atoms with Gasteiger partial charge in [0.1, 0.15) is 0 Å². The molecule has 0 fully saturated rings. The first-order valence-electron chi connectivity index (χ1n) is 4.43. The summed E-state index contributed by atoms with van der Waals surface area (Å²) in [6.45, 7) is 6.02. The van der Waals surface area contributed by atoms with Gasteiger partial charge in [-0.25, -0.2) is 0 Å². The van der Waals surface area contributed by atoms with Gasteiger partial charge in [-0.15, -0.1) is 0 Å². The Hall–Kier alpha value is -0.820. The van der Waals surface area contributed by atoms with Crippen molar-refractivity contribution in [1.29, 1.82) is 0 Å². The molecule has 0 heterocycles. The Balaban J connectivity index is 2.24. The Bertz CT molecular complexity index is 265. The lowest BCUT2D eigenvalue weighted by Gasteiger charge is -2.11. The van der Waals surface area contributed by atoms with E-state index >= 15 is 0 Å². The van der Waals surface area contributed by atoms with Crippen LogP contribution in [0.25, 0.3) is 0 Å². The molecule has 1 aromatic carbocycles. The van der Waals surface area contributed by atoms with Crippen LogP contribution in [-0.2, 0) is 6.42 Å². The third-order valence-electron chi connectivity index (χ3n) is 2.50. The maximum absolute atomic E-state index is 5.45. The molecule has 1 unspecified atom stereocenters. The van der Waals surface area contributed by atoms with Gasteiger partial charge >= 0.3 is 0 Å². The van der Waals surface area contributed by atoms with Gasteiger partial charge in [-0.05, 0) is 37.4 Å². The first kappa shape index (κ1) is 7.81. The fourth-order valence-electron chi connectivity index (χ4n) is 1.91. The lowest BCUT2D eigenvalue weighted by Crippen LogP contribution is -2.18. The molecule has 1 aliphatic rings. The fraction of sp³-hybridized carbons (Fsp3) is 0.364. The van der Waals surface area contributed by atoms with Crippen LogP contribution in [0.4, 0.5) is 0 Å². The van der Waals surface area contributed by atoms with Gasteiger partial charge in [0.2, 0.25) is 0 Å². The smallest absolute Gasteiger partial charge is 0.0326 e. The van der Waals surface area contributed by atoms with Crippen LogP contribution >= 0.6 is 0 Å². The summed E-state index contributed by atoms with van der Waals surface area (Å²) in [6, 6.07) is 9.08. The molecule has 62 valence electrons. The zero-order chi connectivity index (χ0) is 8.39. The average Bonchev–Trinajstić information content (AvgIpc) is 2.50. The second-order valence-corrected chi connectivity index (χ2v) is 3.20. The SMILES string of the molecule is [CH]CNC1CCc2ccccc21. The molecule has 1 heteroatoms. The lowest BCUT2D eigenvalue weighted by atomic mass is 10.1. The van der Waals surface area contributed by atoms with E-state index in [9.17, 15) is 0 Å². The molecule has 1 aromatic rings. The number of hydrogen-bond donors (Lipinski definition) is 1. The van der Waals surface area contributed by atoms with Crippen molar-refractivity contribution in [3.05, 3.63) is 42.3 Å². The molecular weight excluding hydrogens is 146 g/mol. The summed E-state index contributed by atoms with van der Waals surface area (Å²) in [5, 5.41) is 3.28. The Morgan fingerprint density at radius 1 is 1.42 bits per heavy atom. The van der Waals surface area contributed by atoms with E-state index in [0.29, 0.717) is 12.6 Å². The Labute approximate surface area is 73.8 Å². The highest BCUT2D eigenvalue weighted by Gasteiger charge is 2.19. The summed E-state index contributed by atoms with van der Waals surface area (Å²) in [7, 11) is 0. The van der Waals surface area contributed by atoms with E-state index in [1.807, 2.05) is 0 Å². The molecule has 1 N–H and O–H groups in total. The van der Waals surface area contributed by atoms with Crippen molar-refractivity contribution in [2.45, 2.75) is 18.9 Å². The summed E-state index contributed by atoms with van der Waals surface area (Å²) >= 11 is 0. The number of rotatable bonds is 2. The van der Waals surface area contributed by atoms with Crippen LogP contribution in [0.3, 0.4) is 0 Å². The van der Waals surface area contributed by atoms with Crippen molar-refractivity contribution in [2.75, 3.05) is 6.54 Å². The average molecular weight is 159 g/mol. The van der Waals surface area contributed by atoms with Gasteiger partial charge in [-0.2, -0.15) is 0 Å². The zero-order valence-electron chi connectivity index (χ0n) is 7.09. The molecule has 12 heavy (non-hydrogen) atoms. The van der Waals surface area contributed by atoms with Crippen LogP contribution in [0.5, 0.6) is 0 Å². The van der Waals surface area contributed by atoms with Crippen molar-refractivity contribution < 1.29 is 0 Å². The van der Waals surface area contributed by atoms with Gasteiger partial charge in [-0.1, -0.05) is 24.3 Å². The van der Waals surface area contributed by atoms with Crippen LogP contribution in [0, 0.1) is 6.92 Å².